The number of imidazole rings is 1. The average molecular weight is 472 g/mol. The third-order valence-corrected chi connectivity index (χ3v) is 6.87. The molecule has 4 atom stereocenters. The van der Waals surface area contributed by atoms with Crippen LogP contribution in [0.1, 0.15) is 19.4 Å². The Morgan fingerprint density at radius 1 is 1.27 bits per heavy atom. The summed E-state index contributed by atoms with van der Waals surface area (Å²) in [6, 6.07) is 7.71. The van der Waals surface area contributed by atoms with Crippen molar-refractivity contribution >= 4 is 30.7 Å². The van der Waals surface area contributed by atoms with E-state index in [1.165, 1.54) is 20.4 Å². The maximum atomic E-state index is 13.5. The predicted molar refractivity (Wildman–Crippen MR) is 121 cm³/mol. The van der Waals surface area contributed by atoms with Gasteiger partial charge in [0.05, 0.1) is 26.1 Å². The van der Waals surface area contributed by atoms with Gasteiger partial charge in [-0.05, 0) is 25.5 Å². The highest BCUT2D eigenvalue weighted by Gasteiger charge is 2.34. The normalized spacial score (nSPS) is 20.4. The number of carbonyl (C=O) groups excluding carboxylic acids is 1. The van der Waals surface area contributed by atoms with Crippen LogP contribution in [0.2, 0.25) is 0 Å². The molecular weight excluding hydrogens is 447 g/mol. The van der Waals surface area contributed by atoms with Crippen molar-refractivity contribution in [3.63, 3.8) is 0 Å². The smallest absolute Gasteiger partial charge is 0.459 e. The Hall–Kier alpha value is -3.27. The van der Waals surface area contributed by atoms with E-state index in [1.807, 2.05) is 22.8 Å². The number of nitrogens with zero attached hydrogens (tertiary/aromatic N) is 4. The van der Waals surface area contributed by atoms with Gasteiger partial charge in [0, 0.05) is 5.92 Å². The molecule has 0 amide bonds. The molecule has 3 aromatic rings. The van der Waals surface area contributed by atoms with Crippen LogP contribution in [0.25, 0.3) is 11.2 Å². The van der Waals surface area contributed by atoms with E-state index in [0.29, 0.717) is 29.2 Å². The van der Waals surface area contributed by atoms with Crippen LogP contribution in [-0.2, 0) is 18.6 Å². The van der Waals surface area contributed by atoms with Crippen LogP contribution < -0.4 is 15.3 Å². The van der Waals surface area contributed by atoms with Crippen LogP contribution >= 0.6 is 7.75 Å². The fraction of sp³-hybridized carbons (Fsp3) is 0.333. The Labute approximate surface area is 190 Å². The molecular formula is C21H25N6O5P. The third kappa shape index (κ3) is 5.22. The van der Waals surface area contributed by atoms with Gasteiger partial charge in [-0.3, -0.25) is 9.32 Å². The lowest BCUT2D eigenvalue weighted by atomic mass is 10.1. The van der Waals surface area contributed by atoms with E-state index < -0.39 is 19.8 Å². The number of methoxy groups -OCH3 is 1. The van der Waals surface area contributed by atoms with E-state index in [0.717, 1.165) is 0 Å². The number of rotatable bonds is 9. The molecule has 2 heterocycles. The SMILES string of the molecule is COC(=O)[C@H](C)NP(=O)(OC[C@H]1C=C[C@@H](n2cnc3c(N)ncnc32)C1)Oc1ccccc1. The molecule has 2 aromatic heterocycles. The number of aromatic nitrogens is 4. The summed E-state index contributed by atoms with van der Waals surface area (Å²) in [5.74, 6) is 0.0527. The molecule has 1 aliphatic carbocycles. The first-order chi connectivity index (χ1) is 15.9. The van der Waals surface area contributed by atoms with E-state index in [9.17, 15) is 9.36 Å². The van der Waals surface area contributed by atoms with Crippen molar-refractivity contribution in [3.05, 3.63) is 55.1 Å². The minimum Gasteiger partial charge on any atom is -0.468 e. The summed E-state index contributed by atoms with van der Waals surface area (Å²) in [5.41, 5.74) is 7.07. The average Bonchev–Trinajstić information content (AvgIpc) is 3.45. The minimum absolute atomic E-state index is 0.0192. The topological polar surface area (TPSA) is 143 Å². The van der Waals surface area contributed by atoms with Crippen LogP contribution in [-0.4, -0.2) is 45.2 Å². The molecule has 1 unspecified atom stereocenters. The van der Waals surface area contributed by atoms with Gasteiger partial charge in [0.25, 0.3) is 0 Å². The van der Waals surface area contributed by atoms with Crippen LogP contribution in [0.4, 0.5) is 5.82 Å². The summed E-state index contributed by atoms with van der Waals surface area (Å²) in [6.07, 6.45) is 7.75. The zero-order valence-corrected chi connectivity index (χ0v) is 19.1. The Bertz CT molecular complexity index is 1200. The van der Waals surface area contributed by atoms with Crippen molar-refractivity contribution in [1.82, 2.24) is 24.6 Å². The van der Waals surface area contributed by atoms with Crippen molar-refractivity contribution in [2.45, 2.75) is 25.4 Å². The van der Waals surface area contributed by atoms with Gasteiger partial charge in [0.2, 0.25) is 0 Å². The lowest BCUT2D eigenvalue weighted by Gasteiger charge is -2.23. The maximum absolute atomic E-state index is 13.5. The molecule has 0 bridgehead atoms. The van der Waals surface area contributed by atoms with Gasteiger partial charge in [-0.15, -0.1) is 0 Å². The monoisotopic (exact) mass is 472 g/mol. The zero-order chi connectivity index (χ0) is 23.4. The van der Waals surface area contributed by atoms with Gasteiger partial charge in [-0.25, -0.2) is 19.5 Å². The number of hydrogen-bond donors (Lipinski definition) is 2. The van der Waals surface area contributed by atoms with Crippen LogP contribution in [0.3, 0.4) is 0 Å². The van der Waals surface area contributed by atoms with Crippen molar-refractivity contribution < 1.29 is 23.1 Å². The Kier molecular flexibility index (Phi) is 6.73. The van der Waals surface area contributed by atoms with Gasteiger partial charge in [-0.1, -0.05) is 30.4 Å². The van der Waals surface area contributed by atoms with Crippen LogP contribution in [0.15, 0.2) is 55.1 Å². The fourth-order valence-electron chi connectivity index (χ4n) is 3.57. The molecule has 0 saturated carbocycles. The molecule has 33 heavy (non-hydrogen) atoms. The summed E-state index contributed by atoms with van der Waals surface area (Å²) >= 11 is 0. The first kappa shape index (κ1) is 22.9. The summed E-state index contributed by atoms with van der Waals surface area (Å²) in [7, 11) is -2.63. The Morgan fingerprint density at radius 2 is 2.06 bits per heavy atom. The highest BCUT2D eigenvalue weighted by molar-refractivity contribution is 7.52. The van der Waals surface area contributed by atoms with E-state index in [-0.39, 0.29) is 18.6 Å². The third-order valence-electron chi connectivity index (χ3n) is 5.23. The second-order valence-electron chi connectivity index (χ2n) is 7.60. The van der Waals surface area contributed by atoms with Gasteiger partial charge in [-0.2, -0.15) is 5.09 Å². The van der Waals surface area contributed by atoms with Crippen LogP contribution in [0.5, 0.6) is 5.75 Å². The standard InChI is InChI=1S/C21H25N6O5P/c1-14(21(28)30-2)26-33(29,32-17-6-4-3-5-7-17)31-11-15-8-9-16(10-15)27-13-25-18-19(22)23-12-24-20(18)27/h3-9,12-16H,10-11H2,1-2H3,(H,26,29)(H2,22,23,24)/t14-,15-,16+,33?/m0/s1. The summed E-state index contributed by atoms with van der Waals surface area (Å²) in [5, 5.41) is 2.65. The molecule has 0 spiro atoms. The predicted octanol–water partition coefficient (Wildman–Crippen LogP) is 2.88. The Morgan fingerprint density at radius 3 is 2.82 bits per heavy atom. The number of fused-ring (bicyclic) bond motifs is 1. The van der Waals surface area contributed by atoms with Gasteiger partial charge < -0.3 is 19.6 Å². The molecule has 0 saturated heterocycles. The van der Waals surface area contributed by atoms with Gasteiger partial charge in [0.15, 0.2) is 11.5 Å². The Balaban J connectivity index is 1.44. The molecule has 12 heteroatoms. The number of nitrogens with two attached hydrogens (primary N) is 1. The lowest BCUT2D eigenvalue weighted by Crippen LogP contribution is -2.34. The fourth-order valence-corrected chi connectivity index (χ4v) is 5.11. The van der Waals surface area contributed by atoms with Gasteiger partial charge >= 0.3 is 13.7 Å². The minimum atomic E-state index is -3.88. The zero-order valence-electron chi connectivity index (χ0n) is 18.2. The summed E-state index contributed by atoms with van der Waals surface area (Å²) in [4.78, 5) is 24.4. The maximum Gasteiger partial charge on any atom is 0.459 e. The number of anilines is 1. The van der Waals surface area contributed by atoms with Gasteiger partial charge in [0.1, 0.15) is 23.6 Å². The summed E-state index contributed by atoms with van der Waals surface area (Å²) in [6.45, 7) is 1.64. The second kappa shape index (κ2) is 9.70. The van der Waals surface area contributed by atoms with E-state index in [2.05, 4.69) is 20.0 Å². The lowest BCUT2D eigenvalue weighted by molar-refractivity contribution is -0.142. The number of nitrogens with one attached hydrogen (secondary N) is 1. The number of esters is 1. The second-order valence-corrected chi connectivity index (χ2v) is 9.30. The molecule has 1 aromatic carbocycles. The quantitative estimate of drug-likeness (QED) is 0.271. The number of hydrogen-bond acceptors (Lipinski definition) is 9. The molecule has 4 rings (SSSR count). The molecule has 0 fully saturated rings. The molecule has 174 valence electrons. The van der Waals surface area contributed by atoms with Crippen molar-refractivity contribution in [2.75, 3.05) is 19.5 Å². The van der Waals surface area contributed by atoms with Crippen molar-refractivity contribution in [2.24, 2.45) is 5.92 Å². The van der Waals surface area contributed by atoms with Crippen molar-refractivity contribution in [1.29, 1.82) is 0 Å². The number of carbonyl (C=O) groups is 1. The molecule has 3 N–H and O–H groups in total. The van der Waals surface area contributed by atoms with Crippen molar-refractivity contribution in [3.8, 4) is 5.75 Å². The number of para-hydroxylation sites is 1. The first-order valence-electron chi connectivity index (χ1n) is 10.3. The van der Waals surface area contributed by atoms with Crippen LogP contribution in [0, 0.1) is 5.92 Å². The first-order valence-corrected chi connectivity index (χ1v) is 11.9. The molecule has 0 aliphatic heterocycles. The number of benzene rings is 1. The molecule has 11 nitrogen and oxygen atoms in total. The van der Waals surface area contributed by atoms with E-state index in [4.69, 9.17) is 19.5 Å². The largest absolute Gasteiger partial charge is 0.468 e. The number of nitrogen functional groups attached to an aromatic ring is 1. The summed E-state index contributed by atoms with van der Waals surface area (Å²) < 4.78 is 31.5. The molecule has 0 radical (unpaired) electrons. The number of allylic oxidation sites excluding steroid dienone is 1. The highest BCUT2D eigenvalue weighted by atomic mass is 31.2. The van der Waals surface area contributed by atoms with E-state index >= 15 is 0 Å². The highest BCUT2D eigenvalue weighted by Crippen LogP contribution is 2.46. The van der Waals surface area contributed by atoms with E-state index in [1.54, 1.807) is 30.6 Å². The number of ether oxygens (including phenoxy) is 1. The molecule has 1 aliphatic rings.